The Morgan fingerprint density at radius 1 is 0.971 bits per heavy atom. The van der Waals surface area contributed by atoms with E-state index in [-0.39, 0.29) is 43.2 Å². The number of carbonyl (C=O) groups excluding carboxylic acids is 2. The molecule has 2 aromatic rings. The van der Waals surface area contributed by atoms with Crippen LogP contribution in [0.3, 0.4) is 0 Å². The first-order valence-corrected chi connectivity index (χ1v) is 11.2. The van der Waals surface area contributed by atoms with Gasteiger partial charge < -0.3 is 21.5 Å². The topological polar surface area (TPSA) is 125 Å². The molecule has 0 saturated carbocycles. The quantitative estimate of drug-likeness (QED) is 0.432. The van der Waals surface area contributed by atoms with Crippen molar-refractivity contribution in [2.75, 3.05) is 19.6 Å². The molecule has 34 heavy (non-hydrogen) atoms. The van der Waals surface area contributed by atoms with Crippen molar-refractivity contribution in [2.24, 2.45) is 11.7 Å². The smallest absolute Gasteiger partial charge is 0.408 e. The molecule has 3 amide bonds. The minimum Gasteiger partial charge on any atom is -0.465 e. The van der Waals surface area contributed by atoms with Gasteiger partial charge in [0.25, 0.3) is 0 Å². The molecular formula is C25H33ClN4O4. The number of hydrogen-bond donors (Lipinski definition) is 4. The Morgan fingerprint density at radius 3 is 1.97 bits per heavy atom. The normalized spacial score (nSPS) is 13.8. The van der Waals surface area contributed by atoms with Crippen molar-refractivity contribution in [2.45, 2.75) is 38.8 Å². The monoisotopic (exact) mass is 488 g/mol. The minimum atomic E-state index is -1.18. The fourth-order valence-corrected chi connectivity index (χ4v) is 4.48. The van der Waals surface area contributed by atoms with Crippen LogP contribution in [0.25, 0.3) is 11.1 Å². The zero-order valence-electron chi connectivity index (χ0n) is 19.7. The van der Waals surface area contributed by atoms with E-state index in [4.69, 9.17) is 5.73 Å². The van der Waals surface area contributed by atoms with Crippen LogP contribution < -0.4 is 16.4 Å². The second kappa shape index (κ2) is 11.9. The van der Waals surface area contributed by atoms with Crippen LogP contribution in [0.15, 0.2) is 48.5 Å². The number of nitrogens with two attached hydrogens (primary N) is 1. The zero-order valence-corrected chi connectivity index (χ0v) is 20.5. The third kappa shape index (κ3) is 5.69. The first-order chi connectivity index (χ1) is 15.8. The highest BCUT2D eigenvalue weighted by Crippen LogP contribution is 2.45. The molecule has 0 heterocycles. The Labute approximate surface area is 206 Å². The Hall–Kier alpha value is -3.10. The molecule has 0 aliphatic heterocycles. The molecule has 1 aliphatic carbocycles. The first-order valence-electron chi connectivity index (χ1n) is 11.2. The molecule has 0 unspecified atom stereocenters. The summed E-state index contributed by atoms with van der Waals surface area (Å²) in [6, 6.07) is 14.1. The van der Waals surface area contributed by atoms with Crippen molar-refractivity contribution < 1.29 is 19.5 Å². The van der Waals surface area contributed by atoms with Crippen molar-refractivity contribution in [1.29, 1.82) is 0 Å². The van der Waals surface area contributed by atoms with E-state index in [0.29, 0.717) is 6.54 Å². The van der Waals surface area contributed by atoms with E-state index in [1.807, 2.05) is 48.5 Å². The van der Waals surface area contributed by atoms with Crippen molar-refractivity contribution in [3.8, 4) is 11.1 Å². The molecule has 8 nitrogen and oxygen atoms in total. The van der Waals surface area contributed by atoms with Crippen molar-refractivity contribution in [3.05, 3.63) is 59.7 Å². The van der Waals surface area contributed by atoms with Gasteiger partial charge in [-0.05, 0) is 35.1 Å². The third-order valence-corrected chi connectivity index (χ3v) is 6.02. The highest BCUT2D eigenvalue weighted by Gasteiger charge is 2.38. The summed E-state index contributed by atoms with van der Waals surface area (Å²) in [6.45, 7) is 5.89. The Kier molecular flexibility index (Phi) is 9.46. The van der Waals surface area contributed by atoms with Gasteiger partial charge >= 0.3 is 6.09 Å². The van der Waals surface area contributed by atoms with E-state index in [2.05, 4.69) is 10.6 Å². The van der Waals surface area contributed by atoms with Gasteiger partial charge in [-0.3, -0.25) is 14.5 Å². The summed E-state index contributed by atoms with van der Waals surface area (Å²) in [6.07, 6.45) is -1.18. The van der Waals surface area contributed by atoms with Gasteiger partial charge in [0.05, 0.1) is 0 Å². The number of amides is 3. The van der Waals surface area contributed by atoms with Gasteiger partial charge in [0.15, 0.2) is 0 Å². The lowest BCUT2D eigenvalue weighted by Gasteiger charge is -2.34. The molecule has 5 N–H and O–H groups in total. The molecule has 1 aliphatic rings. The lowest BCUT2D eigenvalue weighted by Crippen LogP contribution is -2.56. The third-order valence-electron chi connectivity index (χ3n) is 6.02. The number of rotatable bonds is 9. The number of carbonyl (C=O) groups is 3. The molecule has 0 saturated heterocycles. The van der Waals surface area contributed by atoms with Gasteiger partial charge in [0.1, 0.15) is 12.1 Å². The van der Waals surface area contributed by atoms with Gasteiger partial charge in [0, 0.05) is 25.6 Å². The van der Waals surface area contributed by atoms with Gasteiger partial charge in [0.2, 0.25) is 11.8 Å². The van der Waals surface area contributed by atoms with Crippen LogP contribution in [0, 0.1) is 5.92 Å². The summed E-state index contributed by atoms with van der Waals surface area (Å²) in [5, 5.41) is 15.4. The molecule has 0 aromatic heterocycles. The Bertz CT molecular complexity index is 984. The average molecular weight is 489 g/mol. The fourth-order valence-electron chi connectivity index (χ4n) is 4.48. The van der Waals surface area contributed by atoms with Crippen LogP contribution >= 0.6 is 12.4 Å². The predicted octanol–water partition coefficient (Wildman–Crippen LogP) is 2.80. The van der Waals surface area contributed by atoms with E-state index in [1.54, 1.807) is 20.8 Å². The summed E-state index contributed by atoms with van der Waals surface area (Å²) in [4.78, 5) is 38.9. The van der Waals surface area contributed by atoms with Gasteiger partial charge in [-0.15, -0.1) is 12.4 Å². The molecule has 184 valence electrons. The highest BCUT2D eigenvalue weighted by atomic mass is 35.5. The standard InChI is InChI=1S/C25H32N4O4.ClH/c1-15(2)22(24(31)28-16(3)23(30)27-13-12-26)29(25(32)33)14-21-19-10-6-4-8-17(19)18-9-5-7-11-20(18)21;/h4-11,15-16,21-22H,12-14,26H2,1-3H3,(H,27,30)(H,28,31)(H,32,33);1H/t16-,22-;/m0./s1. The van der Waals surface area contributed by atoms with Gasteiger partial charge in [-0.25, -0.2) is 4.79 Å². The predicted molar refractivity (Wildman–Crippen MR) is 134 cm³/mol. The number of carboxylic acid groups (broad SMARTS) is 1. The number of fused-ring (bicyclic) bond motifs is 3. The van der Waals surface area contributed by atoms with Gasteiger partial charge in [-0.2, -0.15) is 0 Å². The van der Waals surface area contributed by atoms with Crippen LogP contribution in [0.1, 0.15) is 37.8 Å². The van der Waals surface area contributed by atoms with Crippen molar-refractivity contribution >= 4 is 30.3 Å². The summed E-state index contributed by atoms with van der Waals surface area (Å²) in [5.74, 6) is -1.35. The second-order valence-electron chi connectivity index (χ2n) is 8.66. The molecule has 0 fully saturated rings. The molecule has 0 bridgehead atoms. The molecule has 9 heteroatoms. The molecular weight excluding hydrogens is 456 g/mol. The summed E-state index contributed by atoms with van der Waals surface area (Å²) < 4.78 is 0. The lowest BCUT2D eigenvalue weighted by molar-refractivity contribution is -0.132. The second-order valence-corrected chi connectivity index (χ2v) is 8.66. The average Bonchev–Trinajstić information content (AvgIpc) is 3.10. The maximum Gasteiger partial charge on any atom is 0.408 e. The largest absolute Gasteiger partial charge is 0.465 e. The van der Waals surface area contributed by atoms with E-state index < -0.39 is 24.1 Å². The molecule has 0 spiro atoms. The maximum absolute atomic E-state index is 13.2. The lowest BCUT2D eigenvalue weighted by atomic mass is 9.94. The number of benzene rings is 2. The molecule has 2 aromatic carbocycles. The van der Waals surface area contributed by atoms with E-state index in [0.717, 1.165) is 22.3 Å². The Morgan fingerprint density at radius 2 is 1.50 bits per heavy atom. The van der Waals surface area contributed by atoms with E-state index in [1.165, 1.54) is 4.90 Å². The first kappa shape index (κ1) is 27.1. The van der Waals surface area contributed by atoms with Crippen LogP contribution in [0.4, 0.5) is 4.79 Å². The van der Waals surface area contributed by atoms with Crippen molar-refractivity contribution in [3.63, 3.8) is 0 Å². The Balaban J connectivity index is 0.00000408. The summed E-state index contributed by atoms with van der Waals surface area (Å²) in [5.41, 5.74) is 9.66. The van der Waals surface area contributed by atoms with Crippen LogP contribution in [-0.2, 0) is 9.59 Å². The van der Waals surface area contributed by atoms with Crippen LogP contribution in [0.2, 0.25) is 0 Å². The highest BCUT2D eigenvalue weighted by molar-refractivity contribution is 5.91. The minimum absolute atomic E-state index is 0. The molecule has 2 atom stereocenters. The van der Waals surface area contributed by atoms with Crippen molar-refractivity contribution in [1.82, 2.24) is 15.5 Å². The number of nitrogens with one attached hydrogen (secondary N) is 2. The number of nitrogens with zero attached hydrogens (tertiary/aromatic N) is 1. The van der Waals surface area contributed by atoms with E-state index >= 15 is 0 Å². The van der Waals surface area contributed by atoms with Crippen LogP contribution in [-0.4, -0.2) is 59.6 Å². The number of halogens is 1. The molecule has 0 radical (unpaired) electrons. The zero-order chi connectivity index (χ0) is 24.1. The SMILES string of the molecule is CC(C)[C@@H](C(=O)N[C@@H](C)C(=O)NCCN)N(CC1c2ccccc2-c2ccccc21)C(=O)O.Cl. The van der Waals surface area contributed by atoms with Crippen LogP contribution in [0.5, 0.6) is 0 Å². The number of hydrogen-bond acceptors (Lipinski definition) is 4. The molecule has 3 rings (SSSR count). The summed E-state index contributed by atoms with van der Waals surface area (Å²) in [7, 11) is 0. The summed E-state index contributed by atoms with van der Waals surface area (Å²) >= 11 is 0. The fraction of sp³-hybridized carbons (Fsp3) is 0.400. The van der Waals surface area contributed by atoms with Gasteiger partial charge in [-0.1, -0.05) is 62.4 Å². The maximum atomic E-state index is 13.2. The van der Waals surface area contributed by atoms with E-state index in [9.17, 15) is 19.5 Å².